The number of rotatable bonds is 10. The Hall–Kier alpha value is -3.38. The van der Waals surface area contributed by atoms with Gasteiger partial charge in [-0.25, -0.2) is 4.79 Å². The van der Waals surface area contributed by atoms with E-state index in [-0.39, 0.29) is 41.8 Å². The van der Waals surface area contributed by atoms with Gasteiger partial charge in [0.15, 0.2) is 0 Å². The first-order valence-electron chi connectivity index (χ1n) is 17.8. The van der Waals surface area contributed by atoms with Crippen molar-refractivity contribution in [3.8, 4) is 5.75 Å². The molecule has 5 rings (SSSR count). The topological polar surface area (TPSA) is 150 Å². The van der Waals surface area contributed by atoms with E-state index in [1.54, 1.807) is 11.8 Å². The molecule has 0 spiro atoms. The fourth-order valence-corrected chi connectivity index (χ4v) is 8.30. The molecule has 1 unspecified atom stereocenters. The Kier molecular flexibility index (Phi) is 11.6. The predicted molar refractivity (Wildman–Crippen MR) is 180 cm³/mol. The molecule has 12 nitrogen and oxygen atoms in total. The van der Waals surface area contributed by atoms with Crippen LogP contribution in [0.5, 0.6) is 5.75 Å². The smallest absolute Gasteiger partial charge is 0.404 e. The second-order valence-electron chi connectivity index (χ2n) is 15.1. The lowest BCUT2D eigenvalue weighted by Crippen LogP contribution is -2.66. The lowest BCUT2D eigenvalue weighted by molar-refractivity contribution is -0.150. The highest BCUT2D eigenvalue weighted by Crippen LogP contribution is 2.34. The SMILES string of the molecule is CCO[C@@H]1C[C@@H]2CN(C(=O)[C@@H](NC(=O)[C@@H](C)C(NC(=O)O)C(C)(C)C)C3CCCCC3)[C@H](C(=O)N[C@@H]3CCOc4ccccc43)CN2C1. The number of hydrogen-bond donors (Lipinski definition) is 4. The minimum Gasteiger partial charge on any atom is -0.493 e. The maximum atomic E-state index is 14.9. The molecule has 4 aliphatic rings. The van der Waals surface area contributed by atoms with Crippen molar-refractivity contribution >= 4 is 23.8 Å². The summed E-state index contributed by atoms with van der Waals surface area (Å²) in [6, 6.07) is 5.28. The van der Waals surface area contributed by atoms with Gasteiger partial charge < -0.3 is 35.4 Å². The van der Waals surface area contributed by atoms with Gasteiger partial charge in [0.05, 0.1) is 24.7 Å². The standard InChI is InChI=1S/C36H55N5O7/c1-6-47-25-18-24-19-41(28(21-40(24)20-25)33(43)37-27-16-17-48-29-15-11-10-14-26(27)29)34(44)30(23-12-8-7-9-13-23)38-32(42)22(2)31(36(3,4)5)39-35(45)46/h10-11,14-15,22-25,27-28,30-31,39H,6-9,12-13,16-21H2,1-5H3,(H,37,43)(H,38,42)(H,45,46)/t22-,24+,25+,27+,28-,30-,31?/m0/s1. The molecule has 0 bridgehead atoms. The number of carbonyl (C=O) groups excluding carboxylic acids is 3. The molecule has 0 radical (unpaired) electrons. The molecule has 1 aromatic carbocycles. The summed E-state index contributed by atoms with van der Waals surface area (Å²) in [6.45, 7) is 11.9. The van der Waals surface area contributed by atoms with E-state index in [2.05, 4.69) is 20.9 Å². The molecule has 1 saturated carbocycles. The number of ether oxygens (including phenoxy) is 2. The molecule has 4 amide bonds. The largest absolute Gasteiger partial charge is 0.493 e. The average Bonchev–Trinajstić information content (AvgIpc) is 3.46. The monoisotopic (exact) mass is 669 g/mol. The summed E-state index contributed by atoms with van der Waals surface area (Å²) < 4.78 is 11.8. The molecule has 0 aromatic heterocycles. The number of piperazine rings is 1. The zero-order valence-electron chi connectivity index (χ0n) is 29.2. The van der Waals surface area contributed by atoms with E-state index in [1.807, 2.05) is 52.0 Å². The summed E-state index contributed by atoms with van der Waals surface area (Å²) in [5, 5.41) is 18.4. The fraction of sp³-hybridized carbons (Fsp3) is 0.722. The minimum absolute atomic E-state index is 0.0342. The van der Waals surface area contributed by atoms with Gasteiger partial charge >= 0.3 is 6.09 Å². The van der Waals surface area contributed by atoms with E-state index in [0.29, 0.717) is 39.3 Å². The first kappa shape index (κ1) is 35.9. The molecule has 1 aliphatic carbocycles. The normalized spacial score (nSPS) is 26.6. The van der Waals surface area contributed by atoms with E-state index >= 15 is 0 Å². The molecule has 2 saturated heterocycles. The van der Waals surface area contributed by atoms with Gasteiger partial charge in [0, 0.05) is 50.3 Å². The summed E-state index contributed by atoms with van der Waals surface area (Å²) in [5.41, 5.74) is 0.382. The van der Waals surface area contributed by atoms with Crippen molar-refractivity contribution in [3.05, 3.63) is 29.8 Å². The highest BCUT2D eigenvalue weighted by molar-refractivity contribution is 5.93. The zero-order valence-corrected chi connectivity index (χ0v) is 29.2. The van der Waals surface area contributed by atoms with Gasteiger partial charge in [-0.1, -0.05) is 65.2 Å². The van der Waals surface area contributed by atoms with E-state index in [9.17, 15) is 24.3 Å². The fourth-order valence-electron chi connectivity index (χ4n) is 8.30. The van der Waals surface area contributed by atoms with E-state index in [1.165, 1.54) is 0 Å². The molecule has 48 heavy (non-hydrogen) atoms. The zero-order chi connectivity index (χ0) is 34.6. The number of para-hydroxylation sites is 1. The number of nitrogens with one attached hydrogen (secondary N) is 3. The van der Waals surface area contributed by atoms with Crippen molar-refractivity contribution in [1.82, 2.24) is 25.8 Å². The van der Waals surface area contributed by atoms with Crippen molar-refractivity contribution in [2.45, 2.75) is 116 Å². The van der Waals surface area contributed by atoms with Crippen molar-refractivity contribution < 1.29 is 33.8 Å². The van der Waals surface area contributed by atoms with Crippen LogP contribution in [0, 0.1) is 17.3 Å². The first-order valence-corrected chi connectivity index (χ1v) is 17.8. The second-order valence-corrected chi connectivity index (χ2v) is 15.1. The van der Waals surface area contributed by atoms with E-state index in [4.69, 9.17) is 9.47 Å². The van der Waals surface area contributed by atoms with Gasteiger partial charge in [0.25, 0.3) is 0 Å². The third-order valence-electron chi connectivity index (χ3n) is 10.8. The molecular weight excluding hydrogens is 614 g/mol. The van der Waals surface area contributed by atoms with Crippen LogP contribution in [0.4, 0.5) is 4.79 Å². The summed E-state index contributed by atoms with van der Waals surface area (Å²) in [6.07, 6.45) is 4.83. The summed E-state index contributed by atoms with van der Waals surface area (Å²) in [5.74, 6) is -0.886. The number of carbonyl (C=O) groups is 4. The summed E-state index contributed by atoms with van der Waals surface area (Å²) >= 11 is 0. The van der Waals surface area contributed by atoms with Crippen LogP contribution in [0.25, 0.3) is 0 Å². The highest BCUT2D eigenvalue weighted by atomic mass is 16.5. The second kappa shape index (κ2) is 15.4. The van der Waals surface area contributed by atoms with Crippen LogP contribution in [0.15, 0.2) is 24.3 Å². The van der Waals surface area contributed by atoms with Gasteiger partial charge in [-0.2, -0.15) is 0 Å². The Bertz CT molecular complexity index is 1310. The average molecular weight is 670 g/mol. The van der Waals surface area contributed by atoms with Crippen LogP contribution in [0.3, 0.4) is 0 Å². The van der Waals surface area contributed by atoms with Crippen LogP contribution in [0.1, 0.15) is 91.2 Å². The van der Waals surface area contributed by atoms with Gasteiger partial charge in [-0.3, -0.25) is 19.3 Å². The molecule has 3 heterocycles. The van der Waals surface area contributed by atoms with E-state index < -0.39 is 35.6 Å². The molecule has 3 fully saturated rings. The van der Waals surface area contributed by atoms with E-state index in [0.717, 1.165) is 49.8 Å². The lowest BCUT2D eigenvalue weighted by Gasteiger charge is -2.45. The minimum atomic E-state index is -1.20. The number of nitrogens with zero attached hydrogens (tertiary/aromatic N) is 2. The molecule has 12 heteroatoms. The number of hydrogen-bond acceptors (Lipinski definition) is 7. The Morgan fingerprint density at radius 1 is 1.02 bits per heavy atom. The number of fused-ring (bicyclic) bond motifs is 2. The third kappa shape index (κ3) is 8.25. The van der Waals surface area contributed by atoms with Crippen molar-refractivity contribution in [3.63, 3.8) is 0 Å². The Balaban J connectivity index is 1.42. The van der Waals surface area contributed by atoms with Crippen molar-refractivity contribution in [2.24, 2.45) is 17.3 Å². The molecule has 4 N–H and O–H groups in total. The lowest BCUT2D eigenvalue weighted by atomic mass is 9.78. The first-order chi connectivity index (χ1) is 22.9. The number of amides is 4. The number of benzene rings is 1. The Morgan fingerprint density at radius 3 is 2.44 bits per heavy atom. The van der Waals surface area contributed by atoms with Gasteiger partial charge in [-0.05, 0) is 43.6 Å². The molecule has 266 valence electrons. The number of carboxylic acid groups (broad SMARTS) is 1. The van der Waals surface area contributed by atoms with Crippen LogP contribution in [0.2, 0.25) is 0 Å². The van der Waals surface area contributed by atoms with Crippen molar-refractivity contribution in [1.29, 1.82) is 0 Å². The molecule has 1 aromatic rings. The molecule has 3 aliphatic heterocycles. The molecule has 7 atom stereocenters. The van der Waals surface area contributed by atoms with Gasteiger partial charge in [0.2, 0.25) is 17.7 Å². The van der Waals surface area contributed by atoms with Gasteiger partial charge in [-0.15, -0.1) is 0 Å². The highest BCUT2D eigenvalue weighted by Gasteiger charge is 2.48. The summed E-state index contributed by atoms with van der Waals surface area (Å²) in [4.78, 5) is 58.7. The van der Waals surface area contributed by atoms with Gasteiger partial charge in [0.1, 0.15) is 17.8 Å². The maximum absolute atomic E-state index is 14.9. The van der Waals surface area contributed by atoms with Crippen LogP contribution >= 0.6 is 0 Å². The van der Waals surface area contributed by atoms with Crippen LogP contribution in [-0.2, 0) is 19.1 Å². The maximum Gasteiger partial charge on any atom is 0.404 e. The third-order valence-corrected chi connectivity index (χ3v) is 10.8. The summed E-state index contributed by atoms with van der Waals surface area (Å²) in [7, 11) is 0. The van der Waals surface area contributed by atoms with Crippen LogP contribution < -0.4 is 20.7 Å². The quantitative estimate of drug-likeness (QED) is 0.295. The molecular formula is C36H55N5O7. The Morgan fingerprint density at radius 2 is 1.75 bits per heavy atom. The predicted octanol–water partition coefficient (Wildman–Crippen LogP) is 3.70. The van der Waals surface area contributed by atoms with Crippen LogP contribution in [-0.4, -0.2) is 102 Å². The van der Waals surface area contributed by atoms with Crippen molar-refractivity contribution in [2.75, 3.05) is 32.8 Å². The Labute approximate surface area is 284 Å².